The van der Waals surface area contributed by atoms with Gasteiger partial charge in [0.2, 0.25) is 10.0 Å². The van der Waals surface area contributed by atoms with Gasteiger partial charge in [0, 0.05) is 18.7 Å². The molecule has 0 bridgehead atoms. The minimum Gasteiger partial charge on any atom is -0.495 e. The van der Waals surface area contributed by atoms with Gasteiger partial charge < -0.3 is 14.8 Å². The molecule has 2 aromatic rings. The van der Waals surface area contributed by atoms with E-state index in [-0.39, 0.29) is 48.2 Å². The molecular formula is C19H19F3N2O5S. The van der Waals surface area contributed by atoms with Crippen LogP contribution in [-0.2, 0) is 20.9 Å². The van der Waals surface area contributed by atoms with E-state index < -0.39 is 27.7 Å². The molecule has 1 aliphatic heterocycles. The van der Waals surface area contributed by atoms with Gasteiger partial charge in [-0.25, -0.2) is 8.42 Å². The third kappa shape index (κ3) is 4.74. The largest absolute Gasteiger partial charge is 0.495 e. The second-order valence-electron chi connectivity index (χ2n) is 6.41. The molecule has 30 heavy (non-hydrogen) atoms. The van der Waals surface area contributed by atoms with Crippen molar-refractivity contribution in [3.8, 4) is 5.75 Å². The van der Waals surface area contributed by atoms with E-state index in [4.69, 9.17) is 9.47 Å². The number of hydrogen-bond donors (Lipinski definition) is 1. The van der Waals surface area contributed by atoms with Crippen molar-refractivity contribution < 1.29 is 35.9 Å². The lowest BCUT2D eigenvalue weighted by molar-refractivity contribution is -0.137. The van der Waals surface area contributed by atoms with Crippen molar-refractivity contribution in [1.29, 1.82) is 0 Å². The number of carbonyl (C=O) groups excluding carboxylic acids is 1. The number of morpholine rings is 1. The fraction of sp³-hybridized carbons (Fsp3) is 0.316. The highest BCUT2D eigenvalue weighted by Gasteiger charge is 2.31. The highest BCUT2D eigenvalue weighted by Crippen LogP contribution is 2.31. The summed E-state index contributed by atoms with van der Waals surface area (Å²) in [4.78, 5) is 12.4. The van der Waals surface area contributed by atoms with Gasteiger partial charge in [0.1, 0.15) is 5.75 Å². The van der Waals surface area contributed by atoms with Gasteiger partial charge >= 0.3 is 6.18 Å². The number of methoxy groups -OCH3 is 1. The number of benzene rings is 2. The van der Waals surface area contributed by atoms with Crippen molar-refractivity contribution >= 4 is 21.6 Å². The van der Waals surface area contributed by atoms with E-state index in [1.807, 2.05) is 0 Å². The molecule has 1 heterocycles. The van der Waals surface area contributed by atoms with Crippen LogP contribution in [0, 0.1) is 0 Å². The van der Waals surface area contributed by atoms with Crippen LogP contribution in [0.5, 0.6) is 5.75 Å². The number of amides is 1. The zero-order valence-electron chi connectivity index (χ0n) is 15.9. The van der Waals surface area contributed by atoms with Gasteiger partial charge in [-0.1, -0.05) is 6.07 Å². The summed E-state index contributed by atoms with van der Waals surface area (Å²) in [5.41, 5.74) is -1.17. The van der Waals surface area contributed by atoms with Crippen LogP contribution in [0.25, 0.3) is 0 Å². The predicted molar refractivity (Wildman–Crippen MR) is 102 cm³/mol. The van der Waals surface area contributed by atoms with Crippen molar-refractivity contribution in [2.75, 3.05) is 38.7 Å². The maximum atomic E-state index is 12.9. The van der Waals surface area contributed by atoms with Crippen LogP contribution in [0.1, 0.15) is 15.9 Å². The Balaban J connectivity index is 1.90. The molecule has 0 atom stereocenters. The Morgan fingerprint density at radius 1 is 1.13 bits per heavy atom. The first-order valence-electron chi connectivity index (χ1n) is 8.87. The quantitative estimate of drug-likeness (QED) is 0.767. The van der Waals surface area contributed by atoms with Crippen LogP contribution >= 0.6 is 0 Å². The van der Waals surface area contributed by atoms with E-state index >= 15 is 0 Å². The average Bonchev–Trinajstić information content (AvgIpc) is 2.73. The Morgan fingerprint density at radius 3 is 2.47 bits per heavy atom. The second kappa shape index (κ2) is 8.62. The third-order valence-corrected chi connectivity index (χ3v) is 6.37. The molecule has 11 heteroatoms. The summed E-state index contributed by atoms with van der Waals surface area (Å²) in [6, 6.07) is 7.84. The molecule has 7 nitrogen and oxygen atoms in total. The Bertz CT molecular complexity index is 1030. The highest BCUT2D eigenvalue weighted by atomic mass is 32.2. The van der Waals surface area contributed by atoms with Crippen LogP contribution in [0.4, 0.5) is 18.9 Å². The van der Waals surface area contributed by atoms with E-state index in [1.54, 1.807) is 0 Å². The van der Waals surface area contributed by atoms with Gasteiger partial charge in [-0.2, -0.15) is 17.5 Å². The first kappa shape index (κ1) is 22.1. The third-order valence-electron chi connectivity index (χ3n) is 4.48. The maximum Gasteiger partial charge on any atom is 0.416 e. The van der Waals surface area contributed by atoms with Crippen molar-refractivity contribution in [1.82, 2.24) is 4.31 Å². The Kier molecular flexibility index (Phi) is 6.34. The molecular weight excluding hydrogens is 425 g/mol. The number of alkyl halides is 3. The number of ether oxygens (including phenoxy) is 2. The lowest BCUT2D eigenvalue weighted by Crippen LogP contribution is -2.40. The summed E-state index contributed by atoms with van der Waals surface area (Å²) in [5.74, 6) is -0.670. The molecule has 1 N–H and O–H groups in total. The Morgan fingerprint density at radius 2 is 1.83 bits per heavy atom. The fourth-order valence-corrected chi connectivity index (χ4v) is 4.35. The van der Waals surface area contributed by atoms with Gasteiger partial charge in [0.25, 0.3) is 5.91 Å². The van der Waals surface area contributed by atoms with Crippen LogP contribution in [0.2, 0.25) is 0 Å². The number of rotatable bonds is 5. The Labute approximate surface area is 171 Å². The average molecular weight is 444 g/mol. The smallest absolute Gasteiger partial charge is 0.416 e. The molecule has 1 fully saturated rings. The molecule has 0 aromatic heterocycles. The van der Waals surface area contributed by atoms with Crippen molar-refractivity contribution in [2.45, 2.75) is 11.1 Å². The Hall–Kier alpha value is -2.63. The van der Waals surface area contributed by atoms with E-state index in [0.29, 0.717) is 0 Å². The predicted octanol–water partition coefficient (Wildman–Crippen LogP) is 2.99. The summed E-state index contributed by atoms with van der Waals surface area (Å²) in [6.45, 7) is 0.934. The van der Waals surface area contributed by atoms with Crippen LogP contribution < -0.4 is 10.1 Å². The number of anilines is 1. The molecule has 0 radical (unpaired) electrons. The molecule has 2 aromatic carbocycles. The number of halogens is 3. The van der Waals surface area contributed by atoms with Gasteiger partial charge in [-0.15, -0.1) is 0 Å². The number of carbonyl (C=O) groups is 1. The summed E-state index contributed by atoms with van der Waals surface area (Å²) < 4.78 is 76.0. The molecule has 1 amide bonds. The summed E-state index contributed by atoms with van der Waals surface area (Å²) in [6.07, 6.45) is -4.60. The zero-order chi connectivity index (χ0) is 21.9. The topological polar surface area (TPSA) is 84.9 Å². The van der Waals surface area contributed by atoms with Gasteiger partial charge in [0.05, 0.1) is 36.5 Å². The summed E-state index contributed by atoms with van der Waals surface area (Å²) in [5, 5.41) is 2.43. The first-order valence-corrected chi connectivity index (χ1v) is 10.3. The van der Waals surface area contributed by atoms with E-state index in [2.05, 4.69) is 5.32 Å². The molecule has 0 saturated carbocycles. The van der Waals surface area contributed by atoms with Gasteiger partial charge in [-0.3, -0.25) is 4.79 Å². The molecule has 0 unspecified atom stereocenters. The lowest BCUT2D eigenvalue weighted by atomic mass is 10.1. The van der Waals surface area contributed by atoms with Crippen LogP contribution in [0.15, 0.2) is 47.4 Å². The number of hydrogen-bond acceptors (Lipinski definition) is 5. The number of sulfonamides is 1. The number of nitrogens with one attached hydrogen (secondary N) is 1. The molecule has 1 saturated heterocycles. The van der Waals surface area contributed by atoms with Crippen LogP contribution in [0.3, 0.4) is 0 Å². The van der Waals surface area contributed by atoms with E-state index in [9.17, 15) is 26.4 Å². The summed E-state index contributed by atoms with van der Waals surface area (Å²) >= 11 is 0. The first-order chi connectivity index (χ1) is 14.1. The van der Waals surface area contributed by atoms with E-state index in [0.717, 1.165) is 18.2 Å². The molecule has 3 rings (SSSR count). The molecule has 0 spiro atoms. The maximum absolute atomic E-state index is 12.9. The van der Waals surface area contributed by atoms with Crippen molar-refractivity contribution in [2.24, 2.45) is 0 Å². The minimum absolute atomic E-state index is 0.0225. The number of nitrogens with zero attached hydrogens (tertiary/aromatic N) is 1. The minimum atomic E-state index is -4.60. The fourth-order valence-electron chi connectivity index (χ4n) is 2.91. The lowest BCUT2D eigenvalue weighted by Gasteiger charge is -2.26. The van der Waals surface area contributed by atoms with Gasteiger partial charge in [0.15, 0.2) is 0 Å². The SMILES string of the molecule is COc1ccc(S(=O)(=O)N2CCOCC2)cc1NC(=O)c1cccc(C(F)(F)F)c1. The van der Waals surface area contributed by atoms with Crippen LogP contribution in [-0.4, -0.2) is 52.0 Å². The van der Waals surface area contributed by atoms with E-state index in [1.165, 1.54) is 35.7 Å². The zero-order valence-corrected chi connectivity index (χ0v) is 16.7. The van der Waals surface area contributed by atoms with Crippen molar-refractivity contribution in [3.63, 3.8) is 0 Å². The standard InChI is InChI=1S/C19H19F3N2O5S/c1-28-17-6-5-15(30(26,27)24-7-9-29-10-8-24)12-16(17)23-18(25)13-3-2-4-14(11-13)19(20,21)22/h2-6,11-12H,7-10H2,1H3,(H,23,25). The molecule has 162 valence electrons. The highest BCUT2D eigenvalue weighted by molar-refractivity contribution is 7.89. The normalized spacial score (nSPS) is 15.6. The molecule has 0 aliphatic carbocycles. The monoisotopic (exact) mass is 444 g/mol. The second-order valence-corrected chi connectivity index (χ2v) is 8.35. The summed E-state index contributed by atoms with van der Waals surface area (Å²) in [7, 11) is -2.51. The molecule has 1 aliphatic rings. The van der Waals surface area contributed by atoms with Gasteiger partial charge in [-0.05, 0) is 36.4 Å². The van der Waals surface area contributed by atoms with Crippen molar-refractivity contribution in [3.05, 3.63) is 53.6 Å².